The Hall–Kier alpha value is -4.94. The van der Waals surface area contributed by atoms with Crippen LogP contribution in [0, 0.1) is 11.6 Å². The monoisotopic (exact) mass is 626 g/mol. The Morgan fingerprint density at radius 1 is 1.16 bits per heavy atom. The van der Waals surface area contributed by atoms with E-state index in [1.165, 1.54) is 30.6 Å². The fourth-order valence-corrected chi connectivity index (χ4v) is 6.79. The van der Waals surface area contributed by atoms with Gasteiger partial charge in [0.15, 0.2) is 0 Å². The number of carbonyl (C=O) groups is 1. The third-order valence-electron chi connectivity index (χ3n) is 8.00. The molecule has 5 heterocycles. The molecule has 1 amide bonds. The van der Waals surface area contributed by atoms with Crippen molar-refractivity contribution in [3.05, 3.63) is 84.0 Å². The van der Waals surface area contributed by atoms with Gasteiger partial charge < -0.3 is 14.4 Å². The fraction of sp³-hybridized carbons (Fsp3) is 0.212. The van der Waals surface area contributed by atoms with Crippen LogP contribution in [0.2, 0.25) is 0 Å². The van der Waals surface area contributed by atoms with Gasteiger partial charge in [-0.25, -0.2) is 13.8 Å². The van der Waals surface area contributed by atoms with Gasteiger partial charge >= 0.3 is 0 Å². The van der Waals surface area contributed by atoms with E-state index >= 15 is 4.39 Å². The van der Waals surface area contributed by atoms with E-state index in [2.05, 4.69) is 16.8 Å². The van der Waals surface area contributed by atoms with E-state index < -0.39 is 11.6 Å². The Morgan fingerprint density at radius 2 is 2.02 bits per heavy atom. The zero-order chi connectivity index (χ0) is 31.2. The number of rotatable bonds is 8. The number of fused-ring (bicyclic) bond motifs is 3. The van der Waals surface area contributed by atoms with Crippen molar-refractivity contribution in [2.24, 2.45) is 0 Å². The zero-order valence-electron chi connectivity index (χ0n) is 24.5. The van der Waals surface area contributed by atoms with Crippen LogP contribution < -0.4 is 4.74 Å². The van der Waals surface area contributed by atoms with Gasteiger partial charge in [-0.3, -0.25) is 14.6 Å². The number of thiophene rings is 1. The smallest absolute Gasteiger partial charge is 0.246 e. The number of hydrogen-bond donors (Lipinski definition) is 1. The predicted molar refractivity (Wildman–Crippen MR) is 169 cm³/mol. The third-order valence-corrected chi connectivity index (χ3v) is 8.93. The van der Waals surface area contributed by atoms with Crippen molar-refractivity contribution in [1.29, 1.82) is 0 Å². The maximum absolute atomic E-state index is 16.0. The molecule has 1 aliphatic rings. The number of aromatic amines is 1. The van der Waals surface area contributed by atoms with Crippen molar-refractivity contribution in [3.63, 3.8) is 0 Å². The summed E-state index contributed by atoms with van der Waals surface area (Å²) in [4.78, 5) is 19.5. The maximum atomic E-state index is 16.0. The molecule has 228 valence electrons. The third kappa shape index (κ3) is 5.05. The number of halogens is 2. The van der Waals surface area contributed by atoms with E-state index in [1.54, 1.807) is 11.1 Å². The van der Waals surface area contributed by atoms with Crippen molar-refractivity contribution < 1.29 is 23.0 Å². The Morgan fingerprint density at radius 3 is 2.84 bits per heavy atom. The Bertz CT molecular complexity index is 2100. The molecule has 1 unspecified atom stereocenters. The van der Waals surface area contributed by atoms with Gasteiger partial charge in [0.25, 0.3) is 0 Å². The number of nitrogens with zero attached hydrogens (tertiary/aromatic N) is 5. The van der Waals surface area contributed by atoms with Gasteiger partial charge in [0.1, 0.15) is 35.4 Å². The first-order chi connectivity index (χ1) is 21.9. The molecule has 0 radical (unpaired) electrons. The summed E-state index contributed by atoms with van der Waals surface area (Å²) in [5.41, 5.74) is 4.64. The molecule has 7 rings (SSSR count). The van der Waals surface area contributed by atoms with Gasteiger partial charge in [0.05, 0.1) is 48.4 Å². The van der Waals surface area contributed by atoms with Crippen LogP contribution in [0.4, 0.5) is 8.78 Å². The number of aromatic nitrogens is 5. The second-order valence-electron chi connectivity index (χ2n) is 10.8. The highest BCUT2D eigenvalue weighted by atomic mass is 32.1. The minimum absolute atomic E-state index is 0.0372. The highest BCUT2D eigenvalue weighted by Crippen LogP contribution is 2.47. The Labute approximate surface area is 260 Å². The minimum Gasteiger partial charge on any atom is -0.490 e. The van der Waals surface area contributed by atoms with E-state index in [-0.39, 0.29) is 36.5 Å². The summed E-state index contributed by atoms with van der Waals surface area (Å²) in [5, 5.41) is 15.7. The second kappa shape index (κ2) is 11.5. The van der Waals surface area contributed by atoms with Gasteiger partial charge in [-0.05, 0) is 42.6 Å². The highest BCUT2D eigenvalue weighted by Gasteiger charge is 2.30. The van der Waals surface area contributed by atoms with Crippen molar-refractivity contribution >= 4 is 38.2 Å². The summed E-state index contributed by atoms with van der Waals surface area (Å²) < 4.78 is 44.2. The first-order valence-electron chi connectivity index (χ1n) is 14.3. The van der Waals surface area contributed by atoms with Gasteiger partial charge in [-0.1, -0.05) is 12.6 Å². The number of methoxy groups -OCH3 is 1. The van der Waals surface area contributed by atoms with E-state index in [0.29, 0.717) is 35.7 Å². The molecule has 0 fully saturated rings. The number of amides is 1. The number of pyridine rings is 1. The zero-order valence-corrected chi connectivity index (χ0v) is 25.3. The fourth-order valence-electron chi connectivity index (χ4n) is 5.84. The molecule has 9 nitrogen and oxygen atoms in total. The molecule has 0 saturated carbocycles. The SMILES string of the molecule is C=CC(=O)N1Cc2cc(-c3nc(-c4ccc5[nH]ncc5c4)c4ccsc4c3-c3c(F)cc(F)cc3OCCOC)nn2CC1C. The second-order valence-corrected chi connectivity index (χ2v) is 11.8. The molecule has 0 aliphatic carbocycles. The van der Waals surface area contributed by atoms with Crippen LogP contribution in [0.3, 0.4) is 0 Å². The van der Waals surface area contributed by atoms with Crippen LogP contribution in [-0.2, 0) is 22.6 Å². The molecule has 4 aromatic heterocycles. The number of ether oxygens (including phenoxy) is 2. The van der Waals surface area contributed by atoms with Crippen molar-refractivity contribution in [1.82, 2.24) is 29.9 Å². The molecule has 0 bridgehead atoms. The Kier molecular flexibility index (Phi) is 7.38. The lowest BCUT2D eigenvalue weighted by atomic mass is 9.96. The van der Waals surface area contributed by atoms with E-state index in [0.717, 1.165) is 38.3 Å². The van der Waals surface area contributed by atoms with Crippen LogP contribution in [0.15, 0.2) is 66.7 Å². The molecular formula is C33H28F2N6O3S. The summed E-state index contributed by atoms with van der Waals surface area (Å²) in [6.45, 7) is 6.71. The summed E-state index contributed by atoms with van der Waals surface area (Å²) in [6, 6.07) is 11.6. The van der Waals surface area contributed by atoms with E-state index in [1.807, 2.05) is 47.3 Å². The average Bonchev–Trinajstić information content (AvgIpc) is 3.79. The molecule has 45 heavy (non-hydrogen) atoms. The van der Waals surface area contributed by atoms with E-state index in [4.69, 9.17) is 19.6 Å². The van der Waals surface area contributed by atoms with Crippen LogP contribution in [0.25, 0.3) is 54.8 Å². The molecule has 1 aliphatic heterocycles. The summed E-state index contributed by atoms with van der Waals surface area (Å²) in [7, 11) is 1.53. The number of carbonyl (C=O) groups excluding carboxylic acids is 1. The van der Waals surface area contributed by atoms with Gasteiger partial charge in [-0.2, -0.15) is 10.2 Å². The van der Waals surface area contributed by atoms with Crippen LogP contribution in [-0.4, -0.2) is 62.1 Å². The van der Waals surface area contributed by atoms with Crippen LogP contribution in [0.1, 0.15) is 12.6 Å². The molecule has 2 aromatic carbocycles. The Balaban J connectivity index is 1.49. The van der Waals surface area contributed by atoms with Crippen molar-refractivity contribution in [2.45, 2.75) is 26.1 Å². The maximum Gasteiger partial charge on any atom is 0.246 e. The first kappa shape index (κ1) is 28.8. The van der Waals surface area contributed by atoms with Crippen molar-refractivity contribution in [2.75, 3.05) is 20.3 Å². The topological polar surface area (TPSA) is 98.2 Å². The summed E-state index contributed by atoms with van der Waals surface area (Å²) in [6.07, 6.45) is 3.05. The van der Waals surface area contributed by atoms with Crippen molar-refractivity contribution in [3.8, 4) is 39.5 Å². The van der Waals surface area contributed by atoms with Gasteiger partial charge in [0, 0.05) is 51.9 Å². The van der Waals surface area contributed by atoms with E-state index in [9.17, 15) is 9.18 Å². The number of benzene rings is 2. The number of hydrogen-bond acceptors (Lipinski definition) is 7. The molecule has 0 spiro atoms. The lowest BCUT2D eigenvalue weighted by Gasteiger charge is -2.33. The van der Waals surface area contributed by atoms with Crippen LogP contribution >= 0.6 is 11.3 Å². The molecule has 1 atom stereocenters. The number of nitrogens with one attached hydrogen (secondary N) is 1. The number of H-pyrrole nitrogens is 1. The largest absolute Gasteiger partial charge is 0.490 e. The van der Waals surface area contributed by atoms with Crippen LogP contribution in [0.5, 0.6) is 5.75 Å². The molecule has 0 saturated heterocycles. The molecule has 12 heteroatoms. The standard InChI is InChI=1S/C33H28F2N6O3S/c1-4-28(42)40-17-22-14-26(39-41(22)16-18(40)2)32-30(29-24(35)12-21(34)13-27(29)44-9-8-43-3)33-23(7-10-45-33)31(37-32)19-5-6-25-20(11-19)15-36-38-25/h4-7,10-15,18H,1,8-9,16-17H2,2-3H3,(H,36,38). The quantitative estimate of drug-likeness (QED) is 0.151. The highest BCUT2D eigenvalue weighted by molar-refractivity contribution is 7.18. The molecule has 6 aromatic rings. The lowest BCUT2D eigenvalue weighted by Crippen LogP contribution is -2.44. The molecular weight excluding hydrogens is 598 g/mol. The lowest BCUT2D eigenvalue weighted by molar-refractivity contribution is -0.129. The average molecular weight is 627 g/mol. The predicted octanol–water partition coefficient (Wildman–Crippen LogP) is 6.59. The summed E-state index contributed by atoms with van der Waals surface area (Å²) in [5.74, 6) is -1.68. The van der Waals surface area contributed by atoms with Gasteiger partial charge in [0.2, 0.25) is 5.91 Å². The molecule has 1 N–H and O–H groups in total. The van der Waals surface area contributed by atoms with Gasteiger partial charge in [-0.15, -0.1) is 11.3 Å². The first-order valence-corrected chi connectivity index (χ1v) is 15.2. The summed E-state index contributed by atoms with van der Waals surface area (Å²) >= 11 is 1.43. The normalized spacial score (nSPS) is 14.7. The minimum atomic E-state index is -0.784.